The molecule has 0 aliphatic carbocycles. The fraction of sp³-hybridized carbons (Fsp3) is 0.500. The van der Waals surface area contributed by atoms with Crippen LogP contribution in [0.4, 0.5) is 4.79 Å². The van der Waals surface area contributed by atoms with Crippen molar-refractivity contribution in [3.05, 3.63) is 47.8 Å². The summed E-state index contributed by atoms with van der Waals surface area (Å²) < 4.78 is 7.43. The van der Waals surface area contributed by atoms with Gasteiger partial charge in [-0.05, 0) is 45.4 Å². The molecule has 1 aromatic heterocycles. The number of aryl methyl sites for hydroxylation is 1. The van der Waals surface area contributed by atoms with Crippen LogP contribution in [0.1, 0.15) is 32.0 Å². The largest absolute Gasteiger partial charge is 0.444 e. The van der Waals surface area contributed by atoms with Crippen LogP contribution in [-0.4, -0.2) is 69.5 Å². The molecular formula is C22H31IN6O2. The van der Waals surface area contributed by atoms with E-state index in [0.717, 1.165) is 29.4 Å². The summed E-state index contributed by atoms with van der Waals surface area (Å²) in [6, 6.07) is 10.4. The van der Waals surface area contributed by atoms with Crippen LogP contribution in [0.3, 0.4) is 0 Å². The number of hydrogen-bond donors (Lipinski definition) is 1. The fourth-order valence-electron chi connectivity index (χ4n) is 3.83. The van der Waals surface area contributed by atoms with Crippen LogP contribution < -0.4 is 5.32 Å². The molecular weight excluding hydrogens is 507 g/mol. The second-order valence-corrected chi connectivity index (χ2v) is 8.82. The molecule has 2 aliphatic heterocycles. The molecule has 0 saturated carbocycles. The number of piperazine rings is 1. The Labute approximate surface area is 200 Å². The molecule has 0 bridgehead atoms. The van der Waals surface area contributed by atoms with Crippen molar-refractivity contribution in [2.24, 2.45) is 4.99 Å². The lowest BCUT2D eigenvalue weighted by Crippen LogP contribution is -2.57. The highest BCUT2D eigenvalue weighted by Crippen LogP contribution is 2.20. The van der Waals surface area contributed by atoms with Gasteiger partial charge in [0.1, 0.15) is 5.60 Å². The Morgan fingerprint density at radius 1 is 1.23 bits per heavy atom. The Bertz CT molecular complexity index is 951. The minimum atomic E-state index is -0.479. The van der Waals surface area contributed by atoms with Crippen LogP contribution in [0.5, 0.6) is 0 Å². The third kappa shape index (κ3) is 5.50. The van der Waals surface area contributed by atoms with Crippen molar-refractivity contribution in [3.8, 4) is 5.69 Å². The average Bonchev–Trinajstić information content (AvgIpc) is 3.31. The first-order chi connectivity index (χ1) is 14.3. The van der Waals surface area contributed by atoms with Gasteiger partial charge >= 0.3 is 6.09 Å². The van der Waals surface area contributed by atoms with E-state index in [4.69, 9.17) is 9.73 Å². The summed E-state index contributed by atoms with van der Waals surface area (Å²) in [6.07, 6.45) is 1.74. The number of para-hydroxylation sites is 1. The van der Waals surface area contributed by atoms with Crippen LogP contribution >= 0.6 is 24.0 Å². The number of aromatic nitrogens is 2. The van der Waals surface area contributed by atoms with E-state index in [9.17, 15) is 4.79 Å². The Morgan fingerprint density at radius 2 is 2.00 bits per heavy atom. The van der Waals surface area contributed by atoms with E-state index >= 15 is 0 Å². The number of nitrogens with one attached hydrogen (secondary N) is 1. The molecule has 4 rings (SSSR count). The molecule has 3 heterocycles. The predicted octanol–water partition coefficient (Wildman–Crippen LogP) is 3.18. The lowest BCUT2D eigenvalue weighted by Gasteiger charge is -2.39. The zero-order valence-corrected chi connectivity index (χ0v) is 20.9. The first-order valence-electron chi connectivity index (χ1n) is 10.4. The first-order valence-corrected chi connectivity index (χ1v) is 10.4. The van der Waals surface area contributed by atoms with Gasteiger partial charge in [-0.2, -0.15) is 5.10 Å². The molecule has 168 valence electrons. The molecule has 1 saturated heterocycles. The molecule has 8 nitrogen and oxygen atoms in total. The Balaban J connectivity index is 0.00000272. The van der Waals surface area contributed by atoms with Gasteiger partial charge < -0.3 is 19.9 Å². The molecule has 2 aliphatic rings. The van der Waals surface area contributed by atoms with Crippen molar-refractivity contribution in [2.75, 3.05) is 26.2 Å². The lowest BCUT2D eigenvalue weighted by atomic mass is 10.1. The molecule has 2 aromatic rings. The number of rotatable bonds is 3. The lowest BCUT2D eigenvalue weighted by molar-refractivity contribution is 0.0137. The summed E-state index contributed by atoms with van der Waals surface area (Å²) in [4.78, 5) is 21.2. The van der Waals surface area contributed by atoms with Crippen molar-refractivity contribution in [2.45, 2.75) is 45.9 Å². The Morgan fingerprint density at radius 3 is 2.71 bits per heavy atom. The minimum Gasteiger partial charge on any atom is -0.444 e. The number of halogens is 1. The SMILES string of the molecule is Cc1ccn(-c2ccccc2CNC2=NCC3CN(C(=O)OC(C)(C)C)CCN23)n1.I. The monoisotopic (exact) mass is 538 g/mol. The maximum absolute atomic E-state index is 12.4. The van der Waals surface area contributed by atoms with Crippen molar-refractivity contribution in [1.29, 1.82) is 0 Å². The molecule has 1 fully saturated rings. The quantitative estimate of drug-likeness (QED) is 0.608. The summed E-state index contributed by atoms with van der Waals surface area (Å²) >= 11 is 0. The molecule has 1 atom stereocenters. The topological polar surface area (TPSA) is 75.0 Å². The van der Waals surface area contributed by atoms with E-state index in [1.54, 1.807) is 4.90 Å². The average molecular weight is 538 g/mol. The molecule has 1 unspecified atom stereocenters. The number of hydrogen-bond acceptors (Lipinski definition) is 6. The van der Waals surface area contributed by atoms with E-state index in [-0.39, 0.29) is 36.1 Å². The van der Waals surface area contributed by atoms with Crippen LogP contribution in [-0.2, 0) is 11.3 Å². The highest BCUT2D eigenvalue weighted by Gasteiger charge is 2.36. The van der Waals surface area contributed by atoms with Crippen molar-refractivity contribution in [3.63, 3.8) is 0 Å². The normalized spacial score (nSPS) is 18.2. The maximum atomic E-state index is 12.4. The maximum Gasteiger partial charge on any atom is 0.410 e. The number of aliphatic imine (C=N–C) groups is 1. The van der Waals surface area contributed by atoms with E-state index in [1.807, 2.05) is 56.8 Å². The highest BCUT2D eigenvalue weighted by molar-refractivity contribution is 14.0. The smallest absolute Gasteiger partial charge is 0.410 e. The van der Waals surface area contributed by atoms with Crippen molar-refractivity contribution < 1.29 is 9.53 Å². The van der Waals surface area contributed by atoms with E-state index in [2.05, 4.69) is 27.4 Å². The predicted molar refractivity (Wildman–Crippen MR) is 131 cm³/mol. The second kappa shape index (κ2) is 9.46. The van der Waals surface area contributed by atoms with E-state index in [0.29, 0.717) is 26.2 Å². The minimum absolute atomic E-state index is 0. The number of carbonyl (C=O) groups excluding carboxylic acids is 1. The fourth-order valence-corrected chi connectivity index (χ4v) is 3.83. The second-order valence-electron chi connectivity index (χ2n) is 8.82. The summed E-state index contributed by atoms with van der Waals surface area (Å²) in [5.41, 5.74) is 2.72. The van der Waals surface area contributed by atoms with Crippen LogP contribution in [0, 0.1) is 6.92 Å². The number of benzene rings is 1. The van der Waals surface area contributed by atoms with Gasteiger partial charge in [0.25, 0.3) is 0 Å². The van der Waals surface area contributed by atoms with Gasteiger partial charge in [0.2, 0.25) is 0 Å². The van der Waals surface area contributed by atoms with Gasteiger partial charge in [-0.3, -0.25) is 4.99 Å². The number of ether oxygens (including phenoxy) is 1. The Kier molecular flexibility index (Phi) is 7.13. The third-order valence-electron chi connectivity index (χ3n) is 5.26. The molecule has 0 spiro atoms. The number of carbonyl (C=O) groups is 1. The van der Waals surface area contributed by atoms with Gasteiger partial charge in [-0.25, -0.2) is 9.48 Å². The molecule has 9 heteroatoms. The van der Waals surface area contributed by atoms with E-state index in [1.165, 1.54) is 0 Å². The molecule has 1 aromatic carbocycles. The molecule has 1 N–H and O–H groups in total. The number of nitrogens with zero attached hydrogens (tertiary/aromatic N) is 5. The standard InChI is InChI=1S/C22H30N6O2.HI/c1-16-9-10-28(25-16)19-8-6-5-7-17(19)13-23-20-24-14-18-15-26(11-12-27(18)20)21(29)30-22(2,3)4;/h5-10,18H,11-15H2,1-4H3,(H,23,24);1H. The van der Waals surface area contributed by atoms with Gasteiger partial charge in [0.15, 0.2) is 5.96 Å². The van der Waals surface area contributed by atoms with Crippen molar-refractivity contribution >= 4 is 36.0 Å². The van der Waals surface area contributed by atoms with Crippen LogP contribution in [0.2, 0.25) is 0 Å². The van der Waals surface area contributed by atoms with Gasteiger partial charge in [-0.1, -0.05) is 18.2 Å². The summed E-state index contributed by atoms with van der Waals surface area (Å²) in [6.45, 7) is 11.0. The number of guanidine groups is 1. The van der Waals surface area contributed by atoms with Gasteiger partial charge in [-0.15, -0.1) is 24.0 Å². The van der Waals surface area contributed by atoms with Gasteiger partial charge in [0, 0.05) is 32.4 Å². The first kappa shape index (κ1) is 23.4. The Hall–Kier alpha value is -2.30. The van der Waals surface area contributed by atoms with Crippen LogP contribution in [0.15, 0.2) is 41.5 Å². The van der Waals surface area contributed by atoms with Gasteiger partial charge in [0.05, 0.1) is 24.0 Å². The number of fused-ring (bicyclic) bond motifs is 1. The zero-order valence-electron chi connectivity index (χ0n) is 18.5. The van der Waals surface area contributed by atoms with E-state index < -0.39 is 5.60 Å². The van der Waals surface area contributed by atoms with Crippen LogP contribution in [0.25, 0.3) is 5.69 Å². The molecule has 0 radical (unpaired) electrons. The highest BCUT2D eigenvalue weighted by atomic mass is 127. The number of amides is 1. The third-order valence-corrected chi connectivity index (χ3v) is 5.26. The summed E-state index contributed by atoms with van der Waals surface area (Å²) in [7, 11) is 0. The molecule has 1 amide bonds. The summed E-state index contributed by atoms with van der Waals surface area (Å²) in [5.74, 6) is 0.898. The molecule has 31 heavy (non-hydrogen) atoms. The zero-order chi connectivity index (χ0) is 21.3. The van der Waals surface area contributed by atoms with Crippen molar-refractivity contribution in [1.82, 2.24) is 24.9 Å². The summed E-state index contributed by atoms with van der Waals surface area (Å²) in [5, 5.41) is 8.03.